The molecule has 2 atom stereocenters. The monoisotopic (exact) mass is 423 g/mol. The number of hydrogen-bond acceptors (Lipinski definition) is 1. The van der Waals surface area contributed by atoms with Crippen molar-refractivity contribution in [3.05, 3.63) is 138 Å². The highest BCUT2D eigenvalue weighted by Gasteiger charge is 2.48. The smallest absolute Gasteiger partial charge is 0.259 e. The summed E-state index contributed by atoms with van der Waals surface area (Å²) in [5.41, 5.74) is 10.1. The second kappa shape index (κ2) is 6.91. The Balaban J connectivity index is 1.48. The first-order valence-electron chi connectivity index (χ1n) is 11.4. The van der Waals surface area contributed by atoms with Crippen molar-refractivity contribution in [2.45, 2.75) is 12.0 Å². The molecule has 0 fully saturated rings. The van der Waals surface area contributed by atoms with Crippen LogP contribution in [0.25, 0.3) is 22.3 Å². The number of fused-ring (bicyclic) bond motifs is 5. The van der Waals surface area contributed by atoms with E-state index in [1.807, 2.05) is 29.2 Å². The molecule has 2 aliphatic heterocycles. The molecule has 0 saturated carbocycles. The topological polar surface area (TPSA) is 20.3 Å². The first-order chi connectivity index (χ1) is 16.3. The van der Waals surface area contributed by atoms with Crippen molar-refractivity contribution in [3.63, 3.8) is 0 Å². The fourth-order valence-electron chi connectivity index (χ4n) is 5.67. The predicted octanol–water partition coefficient (Wildman–Crippen LogP) is 6.96. The maximum Gasteiger partial charge on any atom is 0.259 e. The molecule has 4 aromatic carbocycles. The normalized spacial score (nSPS) is 19.9. The van der Waals surface area contributed by atoms with Gasteiger partial charge in [-0.05, 0) is 63.2 Å². The summed E-state index contributed by atoms with van der Waals surface area (Å²) >= 11 is 0. The van der Waals surface area contributed by atoms with Crippen LogP contribution in [0.1, 0.15) is 33.0 Å². The van der Waals surface area contributed by atoms with Gasteiger partial charge in [-0.25, -0.2) is 0 Å². The van der Waals surface area contributed by atoms with E-state index < -0.39 is 0 Å². The summed E-state index contributed by atoms with van der Waals surface area (Å²) in [6.45, 7) is 0. The van der Waals surface area contributed by atoms with Gasteiger partial charge in [0.25, 0.3) is 5.91 Å². The quantitative estimate of drug-likeness (QED) is 0.341. The molecule has 1 amide bonds. The van der Waals surface area contributed by atoms with Crippen LogP contribution in [0.4, 0.5) is 5.69 Å². The van der Waals surface area contributed by atoms with Crippen molar-refractivity contribution in [2.75, 3.05) is 4.90 Å². The number of amides is 1. The summed E-state index contributed by atoms with van der Waals surface area (Å²) in [5.74, 6) is 0.219. The Kier molecular flexibility index (Phi) is 3.86. The van der Waals surface area contributed by atoms with Crippen LogP contribution < -0.4 is 4.90 Å². The summed E-state index contributed by atoms with van der Waals surface area (Å²) in [4.78, 5) is 15.7. The van der Waals surface area contributed by atoms with Crippen molar-refractivity contribution in [2.24, 2.45) is 0 Å². The van der Waals surface area contributed by atoms with E-state index in [1.165, 1.54) is 33.4 Å². The largest absolute Gasteiger partial charge is 0.300 e. The summed E-state index contributed by atoms with van der Waals surface area (Å²) in [6.07, 6.45) is 4.65. The van der Waals surface area contributed by atoms with Crippen LogP contribution in [-0.2, 0) is 0 Å². The molecule has 0 saturated heterocycles. The van der Waals surface area contributed by atoms with Crippen molar-refractivity contribution >= 4 is 22.7 Å². The molecule has 2 heterocycles. The minimum absolute atomic E-state index is 0.000820. The van der Waals surface area contributed by atoms with Crippen LogP contribution in [-0.4, -0.2) is 11.9 Å². The Morgan fingerprint density at radius 1 is 0.636 bits per heavy atom. The van der Waals surface area contributed by atoms with Gasteiger partial charge in [0.15, 0.2) is 0 Å². The first kappa shape index (κ1) is 18.4. The molecule has 156 valence electrons. The predicted molar refractivity (Wildman–Crippen MR) is 134 cm³/mol. The Hall–Kier alpha value is -4.17. The molecular weight excluding hydrogens is 402 g/mol. The molecule has 0 spiro atoms. The zero-order valence-electron chi connectivity index (χ0n) is 18.0. The molecule has 2 unspecified atom stereocenters. The fourth-order valence-corrected chi connectivity index (χ4v) is 5.67. The Morgan fingerprint density at radius 3 is 2.06 bits per heavy atom. The highest BCUT2D eigenvalue weighted by atomic mass is 16.2. The number of rotatable bonds is 2. The van der Waals surface area contributed by atoms with Gasteiger partial charge in [0.2, 0.25) is 0 Å². The molecule has 4 aromatic rings. The van der Waals surface area contributed by atoms with E-state index in [1.54, 1.807) is 0 Å². The molecule has 3 aliphatic rings. The molecule has 7 rings (SSSR count). The highest BCUT2D eigenvalue weighted by Crippen LogP contribution is 2.54. The lowest BCUT2D eigenvalue weighted by molar-refractivity contribution is 0.0979. The molecule has 2 heteroatoms. The number of benzene rings is 4. The van der Waals surface area contributed by atoms with Crippen LogP contribution in [0.15, 0.2) is 115 Å². The van der Waals surface area contributed by atoms with Gasteiger partial charge < -0.3 is 0 Å². The van der Waals surface area contributed by atoms with Crippen molar-refractivity contribution in [3.8, 4) is 11.1 Å². The summed E-state index contributed by atoms with van der Waals surface area (Å²) in [6, 6.07) is 35.6. The lowest BCUT2D eigenvalue weighted by Gasteiger charge is -2.38. The SMILES string of the molecule is O=C1c2ccccc2C2=CC(c3ccccc3)=CC3c4cc(-c5ccccc5)ccc4N1C23. The lowest BCUT2D eigenvalue weighted by atomic mass is 9.76. The van der Waals surface area contributed by atoms with E-state index in [0.29, 0.717) is 0 Å². The Morgan fingerprint density at radius 2 is 1.30 bits per heavy atom. The first-order valence-corrected chi connectivity index (χ1v) is 11.4. The molecule has 1 aliphatic carbocycles. The van der Waals surface area contributed by atoms with E-state index in [-0.39, 0.29) is 17.9 Å². The fraction of sp³-hybridized carbons (Fsp3) is 0.0645. The summed E-state index contributed by atoms with van der Waals surface area (Å²) < 4.78 is 0. The standard InChI is InChI=1S/C31H21NO/c33-31-25-14-8-7-13-24(25)27-18-23(21-11-5-2-6-12-21)19-28-26-17-22(20-9-3-1-4-10-20)15-16-29(26)32(31)30(27)28/h1-19,28,30H. The van der Waals surface area contributed by atoms with Gasteiger partial charge in [0, 0.05) is 17.2 Å². The second-order valence-electron chi connectivity index (χ2n) is 8.92. The lowest BCUT2D eigenvalue weighted by Crippen LogP contribution is -2.44. The van der Waals surface area contributed by atoms with Gasteiger partial charge >= 0.3 is 0 Å². The Labute approximate surface area is 193 Å². The molecule has 0 radical (unpaired) electrons. The third-order valence-electron chi connectivity index (χ3n) is 7.15. The van der Waals surface area contributed by atoms with Gasteiger partial charge in [-0.2, -0.15) is 0 Å². The molecule has 2 nitrogen and oxygen atoms in total. The van der Waals surface area contributed by atoms with Crippen LogP contribution in [0, 0.1) is 0 Å². The van der Waals surface area contributed by atoms with Crippen LogP contribution >= 0.6 is 0 Å². The Bertz CT molecular complexity index is 1480. The molecular formula is C31H21NO. The zero-order chi connectivity index (χ0) is 21.9. The second-order valence-corrected chi connectivity index (χ2v) is 8.92. The van der Waals surface area contributed by atoms with Crippen molar-refractivity contribution < 1.29 is 4.79 Å². The van der Waals surface area contributed by atoms with Gasteiger partial charge in [-0.1, -0.05) is 91.0 Å². The van der Waals surface area contributed by atoms with Gasteiger partial charge in [-0.3, -0.25) is 9.69 Å². The van der Waals surface area contributed by atoms with Gasteiger partial charge in [-0.15, -0.1) is 0 Å². The average Bonchev–Trinajstić information content (AvgIpc) is 3.22. The minimum atomic E-state index is 0.000820. The van der Waals surface area contributed by atoms with E-state index >= 15 is 0 Å². The van der Waals surface area contributed by atoms with E-state index in [0.717, 1.165) is 16.8 Å². The minimum Gasteiger partial charge on any atom is -0.300 e. The van der Waals surface area contributed by atoms with Crippen molar-refractivity contribution in [1.82, 2.24) is 0 Å². The van der Waals surface area contributed by atoms with Crippen LogP contribution in [0.2, 0.25) is 0 Å². The number of carbonyl (C=O) groups excluding carboxylic acids is 1. The summed E-state index contributed by atoms with van der Waals surface area (Å²) in [7, 11) is 0. The zero-order valence-corrected chi connectivity index (χ0v) is 18.0. The van der Waals surface area contributed by atoms with Gasteiger partial charge in [0.1, 0.15) is 0 Å². The van der Waals surface area contributed by atoms with Crippen LogP contribution in [0.5, 0.6) is 0 Å². The number of anilines is 1. The highest BCUT2D eigenvalue weighted by molar-refractivity contribution is 6.17. The van der Waals surface area contributed by atoms with Gasteiger partial charge in [0.05, 0.1) is 6.04 Å². The third-order valence-corrected chi connectivity index (χ3v) is 7.15. The van der Waals surface area contributed by atoms with Crippen molar-refractivity contribution in [1.29, 1.82) is 0 Å². The van der Waals surface area contributed by atoms with E-state index in [9.17, 15) is 4.79 Å². The van der Waals surface area contributed by atoms with Crippen LogP contribution in [0.3, 0.4) is 0 Å². The molecule has 0 N–H and O–H groups in total. The average molecular weight is 424 g/mol. The molecule has 33 heavy (non-hydrogen) atoms. The maximum atomic E-state index is 13.7. The summed E-state index contributed by atoms with van der Waals surface area (Å²) in [5, 5.41) is 0. The molecule has 0 bridgehead atoms. The maximum absolute atomic E-state index is 13.7. The number of nitrogens with zero attached hydrogens (tertiary/aromatic N) is 1. The number of allylic oxidation sites excluding steroid dienone is 2. The third kappa shape index (κ3) is 2.64. The number of carbonyl (C=O) groups is 1. The number of hydrogen-bond donors (Lipinski definition) is 0. The van der Waals surface area contributed by atoms with E-state index in [2.05, 4.69) is 91.0 Å². The molecule has 0 aromatic heterocycles. The van der Waals surface area contributed by atoms with E-state index in [4.69, 9.17) is 0 Å².